The average Bonchev–Trinajstić information content (AvgIpc) is 2.91. The third-order valence-corrected chi connectivity index (χ3v) is 7.17. The molecule has 3 heterocycles. The number of benzene rings is 2. The van der Waals surface area contributed by atoms with E-state index in [9.17, 15) is 9.90 Å². The maximum Gasteiger partial charge on any atom is 0.318 e. The van der Waals surface area contributed by atoms with E-state index in [4.69, 9.17) is 14.7 Å². The lowest BCUT2D eigenvalue weighted by molar-refractivity contribution is -0.130. The van der Waals surface area contributed by atoms with Crippen LogP contribution < -0.4 is 19.9 Å². The van der Waals surface area contributed by atoms with Crippen LogP contribution in [0.3, 0.4) is 0 Å². The van der Waals surface area contributed by atoms with Crippen molar-refractivity contribution in [2.24, 2.45) is 0 Å². The Bertz CT molecular complexity index is 1310. The van der Waals surface area contributed by atoms with Gasteiger partial charge in [0.2, 0.25) is 5.91 Å². The summed E-state index contributed by atoms with van der Waals surface area (Å²) in [5, 5.41) is 15.9. The van der Waals surface area contributed by atoms with Gasteiger partial charge in [0.25, 0.3) is 0 Å². The molecule has 2 aliphatic heterocycles. The van der Waals surface area contributed by atoms with Gasteiger partial charge in [-0.3, -0.25) is 4.79 Å². The molecule has 0 radical (unpaired) electrons. The van der Waals surface area contributed by atoms with Gasteiger partial charge in [-0.25, -0.2) is 0 Å². The quantitative estimate of drug-likeness (QED) is 0.484. The maximum absolute atomic E-state index is 12.7. The molecule has 1 amide bonds. The molecule has 202 valence electrons. The molecule has 0 saturated carbocycles. The average molecular weight is 520 g/mol. The van der Waals surface area contributed by atoms with Crippen LogP contribution in [-0.2, 0) is 17.8 Å². The minimum atomic E-state index is -0.291. The van der Waals surface area contributed by atoms with Gasteiger partial charge in [-0.2, -0.15) is 9.97 Å². The normalized spacial score (nSPS) is 17.6. The Balaban J connectivity index is 1.49. The van der Waals surface area contributed by atoms with Gasteiger partial charge in [-0.05, 0) is 32.0 Å². The standard InChI is InChI=1S/C28H37N7O3/c1-32(2)13-14-38-28-30-23-17-34(25-16-20(36)15-19-7-5-6-8-21(19)25)11-9-22(23)26(31-28)35-12-10-29-24(18-35)27(37)33(3)4/h5-8,15-16,24,29,36H,9-14,17-18H2,1-4H3. The molecule has 0 bridgehead atoms. The number of amides is 1. The predicted molar refractivity (Wildman–Crippen MR) is 149 cm³/mol. The summed E-state index contributed by atoms with van der Waals surface area (Å²) in [7, 11) is 7.57. The van der Waals surface area contributed by atoms with E-state index in [1.165, 1.54) is 0 Å². The van der Waals surface area contributed by atoms with Crippen LogP contribution in [0.1, 0.15) is 11.3 Å². The number of hydrogen-bond acceptors (Lipinski definition) is 9. The molecule has 38 heavy (non-hydrogen) atoms. The number of likely N-dealkylation sites (N-methyl/N-ethyl adjacent to an activating group) is 2. The lowest BCUT2D eigenvalue weighted by atomic mass is 10.0. The van der Waals surface area contributed by atoms with Crippen molar-refractivity contribution in [3.8, 4) is 11.8 Å². The van der Waals surface area contributed by atoms with Crippen molar-refractivity contribution in [2.45, 2.75) is 19.0 Å². The Hall–Kier alpha value is -3.63. The molecule has 1 unspecified atom stereocenters. The Morgan fingerprint density at radius 2 is 1.95 bits per heavy atom. The summed E-state index contributed by atoms with van der Waals surface area (Å²) < 4.78 is 6.02. The summed E-state index contributed by atoms with van der Waals surface area (Å²) in [5.74, 6) is 1.16. The van der Waals surface area contributed by atoms with Crippen molar-refractivity contribution in [1.29, 1.82) is 0 Å². The van der Waals surface area contributed by atoms with Crippen LogP contribution in [0.2, 0.25) is 0 Å². The first-order valence-corrected chi connectivity index (χ1v) is 13.1. The lowest BCUT2D eigenvalue weighted by Gasteiger charge is -2.38. The minimum absolute atomic E-state index is 0.0574. The molecule has 1 atom stereocenters. The number of ether oxygens (including phenoxy) is 1. The van der Waals surface area contributed by atoms with E-state index in [-0.39, 0.29) is 17.7 Å². The molecule has 2 N–H and O–H groups in total. The number of rotatable bonds is 7. The number of piperazine rings is 1. The molecule has 0 spiro atoms. The monoisotopic (exact) mass is 519 g/mol. The molecule has 0 aliphatic carbocycles. The van der Waals surface area contributed by atoms with E-state index in [2.05, 4.69) is 26.1 Å². The van der Waals surface area contributed by atoms with Crippen LogP contribution in [-0.4, -0.2) is 104 Å². The molecule has 2 aliphatic rings. The SMILES string of the molecule is CN(C)CCOc1nc2c(c(N3CCNC(C(=O)N(C)C)C3)n1)CCN(c1cc(O)cc3ccccc13)C2. The highest BCUT2D eigenvalue weighted by atomic mass is 16.5. The number of carbonyl (C=O) groups is 1. The van der Waals surface area contributed by atoms with E-state index in [1.807, 2.05) is 38.4 Å². The maximum atomic E-state index is 12.7. The van der Waals surface area contributed by atoms with E-state index < -0.39 is 0 Å². The zero-order chi connectivity index (χ0) is 26.8. The summed E-state index contributed by atoms with van der Waals surface area (Å²) >= 11 is 0. The third-order valence-electron chi connectivity index (χ3n) is 7.17. The van der Waals surface area contributed by atoms with Crippen molar-refractivity contribution in [2.75, 3.05) is 77.3 Å². The van der Waals surface area contributed by atoms with Gasteiger partial charge in [-0.15, -0.1) is 0 Å². The first-order valence-electron chi connectivity index (χ1n) is 13.1. The Kier molecular flexibility index (Phi) is 7.53. The summed E-state index contributed by atoms with van der Waals surface area (Å²) in [6, 6.07) is 11.8. The highest BCUT2D eigenvalue weighted by Crippen LogP contribution is 2.36. The van der Waals surface area contributed by atoms with Crippen LogP contribution in [0.25, 0.3) is 10.8 Å². The molecule has 10 heteroatoms. The van der Waals surface area contributed by atoms with Crippen molar-refractivity contribution < 1.29 is 14.6 Å². The number of nitrogens with one attached hydrogen (secondary N) is 1. The number of anilines is 2. The summed E-state index contributed by atoms with van der Waals surface area (Å²) in [6.45, 7) is 4.57. The molecular weight excluding hydrogens is 482 g/mol. The van der Waals surface area contributed by atoms with Crippen molar-refractivity contribution in [3.63, 3.8) is 0 Å². The van der Waals surface area contributed by atoms with Gasteiger partial charge in [0.15, 0.2) is 0 Å². The van der Waals surface area contributed by atoms with Crippen LogP contribution in [0.15, 0.2) is 36.4 Å². The smallest absolute Gasteiger partial charge is 0.318 e. The minimum Gasteiger partial charge on any atom is -0.508 e. The van der Waals surface area contributed by atoms with E-state index in [0.29, 0.717) is 32.3 Å². The Morgan fingerprint density at radius 1 is 1.13 bits per heavy atom. The fourth-order valence-corrected chi connectivity index (χ4v) is 5.20. The molecule has 5 rings (SSSR count). The largest absolute Gasteiger partial charge is 0.508 e. The number of aromatic hydroxyl groups is 1. The van der Waals surface area contributed by atoms with Crippen molar-refractivity contribution in [1.82, 2.24) is 25.1 Å². The van der Waals surface area contributed by atoms with Crippen LogP contribution in [0.5, 0.6) is 11.8 Å². The number of aromatic nitrogens is 2. The van der Waals surface area contributed by atoms with Gasteiger partial charge in [0.05, 0.1) is 12.2 Å². The zero-order valence-electron chi connectivity index (χ0n) is 22.6. The van der Waals surface area contributed by atoms with Gasteiger partial charge in [0.1, 0.15) is 24.2 Å². The van der Waals surface area contributed by atoms with Crippen LogP contribution in [0.4, 0.5) is 11.5 Å². The molecule has 10 nitrogen and oxygen atoms in total. The fourth-order valence-electron chi connectivity index (χ4n) is 5.20. The predicted octanol–water partition coefficient (Wildman–Crippen LogP) is 1.70. The zero-order valence-corrected chi connectivity index (χ0v) is 22.6. The highest BCUT2D eigenvalue weighted by molar-refractivity contribution is 5.95. The third kappa shape index (κ3) is 5.46. The lowest BCUT2D eigenvalue weighted by Crippen LogP contribution is -2.57. The molecule has 3 aromatic rings. The number of fused-ring (bicyclic) bond motifs is 2. The second-order valence-electron chi connectivity index (χ2n) is 10.4. The van der Waals surface area contributed by atoms with Crippen molar-refractivity contribution >= 4 is 28.2 Å². The summed E-state index contributed by atoms with van der Waals surface area (Å²) in [5.41, 5.74) is 3.01. The number of phenolic OH excluding ortho intramolecular Hbond substituents is 1. The highest BCUT2D eigenvalue weighted by Gasteiger charge is 2.31. The number of nitrogens with zero attached hydrogens (tertiary/aromatic N) is 6. The van der Waals surface area contributed by atoms with E-state index >= 15 is 0 Å². The summed E-state index contributed by atoms with van der Waals surface area (Å²) in [4.78, 5) is 30.6. The van der Waals surface area contributed by atoms with E-state index in [0.717, 1.165) is 59.6 Å². The van der Waals surface area contributed by atoms with Gasteiger partial charge < -0.3 is 34.8 Å². The number of phenols is 1. The number of hydrogen-bond donors (Lipinski definition) is 2. The molecule has 2 aromatic carbocycles. The second kappa shape index (κ2) is 11.0. The second-order valence-corrected chi connectivity index (χ2v) is 10.4. The molecule has 1 saturated heterocycles. The Morgan fingerprint density at radius 3 is 2.74 bits per heavy atom. The van der Waals surface area contributed by atoms with Crippen LogP contribution >= 0.6 is 0 Å². The molecule has 1 aromatic heterocycles. The summed E-state index contributed by atoms with van der Waals surface area (Å²) in [6.07, 6.45) is 0.753. The first-order chi connectivity index (χ1) is 18.3. The van der Waals surface area contributed by atoms with Gasteiger partial charge >= 0.3 is 6.01 Å². The fraction of sp³-hybridized carbons (Fsp3) is 0.464. The van der Waals surface area contributed by atoms with Crippen LogP contribution in [0, 0.1) is 0 Å². The first kappa shape index (κ1) is 26.0. The van der Waals surface area contributed by atoms with E-state index in [1.54, 1.807) is 25.1 Å². The number of carbonyl (C=O) groups excluding carboxylic acids is 1. The van der Waals surface area contributed by atoms with Gasteiger partial charge in [-0.1, -0.05) is 24.3 Å². The molecule has 1 fully saturated rings. The Labute approximate surface area is 223 Å². The van der Waals surface area contributed by atoms with Crippen molar-refractivity contribution in [3.05, 3.63) is 47.7 Å². The molecular formula is C28H37N7O3. The van der Waals surface area contributed by atoms with Gasteiger partial charge in [0, 0.05) is 69.5 Å². The topological polar surface area (TPSA) is 97.3 Å².